The molecule has 2 rings (SSSR count). The molecule has 0 radical (unpaired) electrons. The van der Waals surface area contributed by atoms with Crippen molar-refractivity contribution in [3.8, 4) is 0 Å². The van der Waals surface area contributed by atoms with E-state index in [0.29, 0.717) is 0 Å². The molecule has 1 atom stereocenters. The summed E-state index contributed by atoms with van der Waals surface area (Å²) in [5, 5.41) is 3.49. The molecule has 0 fully saturated rings. The Hall–Kier alpha value is -1.61. The van der Waals surface area contributed by atoms with Crippen LogP contribution in [0.3, 0.4) is 0 Å². The highest BCUT2D eigenvalue weighted by Crippen LogP contribution is 2.24. The van der Waals surface area contributed by atoms with Gasteiger partial charge in [0.2, 0.25) is 0 Å². The van der Waals surface area contributed by atoms with Crippen molar-refractivity contribution in [2.75, 3.05) is 6.54 Å². The van der Waals surface area contributed by atoms with Crippen LogP contribution in [0.5, 0.6) is 0 Å². The van der Waals surface area contributed by atoms with Crippen LogP contribution in [0.25, 0.3) is 0 Å². The molecule has 3 nitrogen and oxygen atoms in total. The zero-order chi connectivity index (χ0) is 15.6. The van der Waals surface area contributed by atoms with E-state index in [0.717, 1.165) is 38.8 Å². The fraction of sp³-hybridized carbons (Fsp3) is 0.526. The molecule has 1 aromatic rings. The van der Waals surface area contributed by atoms with Crippen molar-refractivity contribution < 1.29 is 9.53 Å². The van der Waals surface area contributed by atoms with Crippen LogP contribution in [0.4, 0.5) is 0 Å². The summed E-state index contributed by atoms with van der Waals surface area (Å²) in [5.41, 5.74) is 2.79. The van der Waals surface area contributed by atoms with E-state index in [1.54, 1.807) is 0 Å². The second-order valence-electron chi connectivity index (χ2n) is 5.98. The van der Waals surface area contributed by atoms with Crippen LogP contribution in [-0.4, -0.2) is 18.6 Å². The number of esters is 1. The topological polar surface area (TPSA) is 38.3 Å². The van der Waals surface area contributed by atoms with Crippen LogP contribution >= 0.6 is 0 Å². The number of hydrogen-bond acceptors (Lipinski definition) is 3. The van der Waals surface area contributed by atoms with E-state index in [1.165, 1.54) is 30.9 Å². The Morgan fingerprint density at radius 3 is 2.86 bits per heavy atom. The third-order valence-electron chi connectivity index (χ3n) is 4.00. The molecule has 1 N–H and O–H groups in total. The van der Waals surface area contributed by atoms with Crippen LogP contribution in [0.15, 0.2) is 42.0 Å². The molecule has 0 saturated heterocycles. The smallest absolute Gasteiger partial charge is 0.303 e. The van der Waals surface area contributed by atoms with Gasteiger partial charge >= 0.3 is 5.97 Å². The normalized spacial score (nSPS) is 17.9. The molecule has 0 aliphatic heterocycles. The van der Waals surface area contributed by atoms with Crippen molar-refractivity contribution in [3.05, 3.63) is 47.5 Å². The van der Waals surface area contributed by atoms with Crippen molar-refractivity contribution in [2.24, 2.45) is 0 Å². The van der Waals surface area contributed by atoms with Crippen LogP contribution in [0, 0.1) is 0 Å². The van der Waals surface area contributed by atoms with Crippen LogP contribution in [0.1, 0.15) is 51.0 Å². The van der Waals surface area contributed by atoms with Crippen LogP contribution in [-0.2, 0) is 16.1 Å². The molecule has 120 valence electrons. The van der Waals surface area contributed by atoms with Crippen LogP contribution in [0.2, 0.25) is 0 Å². The Balaban J connectivity index is 1.58. The number of nitrogens with one attached hydrogen (secondary N) is 1. The molecule has 1 aliphatic carbocycles. The molecule has 0 saturated carbocycles. The average molecular weight is 301 g/mol. The van der Waals surface area contributed by atoms with Crippen molar-refractivity contribution in [2.45, 2.75) is 58.1 Å². The lowest BCUT2D eigenvalue weighted by atomic mass is 9.94. The lowest BCUT2D eigenvalue weighted by Gasteiger charge is -2.21. The first-order valence-electron chi connectivity index (χ1n) is 8.35. The number of benzene rings is 1. The first-order valence-corrected chi connectivity index (χ1v) is 8.35. The summed E-state index contributed by atoms with van der Waals surface area (Å²) in [6, 6.07) is 10.5. The van der Waals surface area contributed by atoms with Gasteiger partial charge < -0.3 is 10.1 Å². The Labute approximate surface area is 133 Å². The van der Waals surface area contributed by atoms with E-state index in [2.05, 4.69) is 35.7 Å². The van der Waals surface area contributed by atoms with Crippen molar-refractivity contribution >= 4 is 5.97 Å². The third kappa shape index (κ3) is 6.44. The minimum atomic E-state index is -0.174. The van der Waals surface area contributed by atoms with E-state index < -0.39 is 0 Å². The maximum Gasteiger partial charge on any atom is 0.303 e. The summed E-state index contributed by atoms with van der Waals surface area (Å²) in [6.45, 7) is 3.48. The van der Waals surface area contributed by atoms with E-state index >= 15 is 0 Å². The number of hydrogen-bond donors (Lipinski definition) is 1. The van der Waals surface area contributed by atoms with Gasteiger partial charge in [-0.1, -0.05) is 35.9 Å². The van der Waals surface area contributed by atoms with Crippen LogP contribution < -0.4 is 5.32 Å². The van der Waals surface area contributed by atoms with Gasteiger partial charge in [0, 0.05) is 13.5 Å². The molecule has 1 aromatic carbocycles. The van der Waals surface area contributed by atoms with Gasteiger partial charge in [-0.05, 0) is 56.7 Å². The first kappa shape index (κ1) is 16.8. The summed E-state index contributed by atoms with van der Waals surface area (Å²) in [7, 11) is 0. The lowest BCUT2D eigenvalue weighted by molar-refractivity contribution is -0.144. The largest absolute Gasteiger partial charge is 0.458 e. The summed E-state index contributed by atoms with van der Waals surface area (Å²) >= 11 is 0. The molecule has 1 unspecified atom stereocenters. The highest BCUT2D eigenvalue weighted by Gasteiger charge is 2.15. The van der Waals surface area contributed by atoms with E-state index in [-0.39, 0.29) is 12.1 Å². The van der Waals surface area contributed by atoms with Gasteiger partial charge in [0.25, 0.3) is 0 Å². The molecule has 0 heterocycles. The fourth-order valence-electron chi connectivity index (χ4n) is 2.90. The molecule has 1 aliphatic rings. The maximum atomic E-state index is 11.0. The molecular weight excluding hydrogens is 274 g/mol. The molecule has 0 aromatic heterocycles. The zero-order valence-electron chi connectivity index (χ0n) is 13.5. The number of ether oxygens (including phenoxy) is 1. The Morgan fingerprint density at radius 2 is 2.09 bits per heavy atom. The number of allylic oxidation sites excluding steroid dienone is 1. The maximum absolute atomic E-state index is 11.0. The Bertz CT molecular complexity index is 481. The second-order valence-corrected chi connectivity index (χ2v) is 5.98. The number of rotatable bonds is 8. The van der Waals surface area contributed by atoms with Gasteiger partial charge in [-0.15, -0.1) is 0 Å². The Kier molecular flexibility index (Phi) is 7.17. The lowest BCUT2D eigenvalue weighted by Crippen LogP contribution is -2.17. The third-order valence-corrected chi connectivity index (χ3v) is 4.00. The standard InChI is InChI=1S/C19H27NO2/c1-16(21)22-19-12-7-11-17(14-19)8-5-6-13-20-15-18-9-3-2-4-10-18/h2-4,9-10,14,19-20H,5-8,11-13,15H2,1H3. The van der Waals surface area contributed by atoms with Crippen molar-refractivity contribution in [3.63, 3.8) is 0 Å². The van der Waals surface area contributed by atoms with Gasteiger partial charge in [0.15, 0.2) is 0 Å². The minimum absolute atomic E-state index is 0.0115. The number of carbonyl (C=O) groups is 1. The monoisotopic (exact) mass is 301 g/mol. The van der Waals surface area contributed by atoms with Gasteiger partial charge in [0.1, 0.15) is 6.10 Å². The quantitative estimate of drug-likeness (QED) is 0.448. The van der Waals surface area contributed by atoms with Crippen molar-refractivity contribution in [1.29, 1.82) is 0 Å². The highest BCUT2D eigenvalue weighted by atomic mass is 16.5. The SMILES string of the molecule is CC(=O)OC1C=C(CCCCNCc2ccccc2)CCC1. The fourth-order valence-corrected chi connectivity index (χ4v) is 2.90. The average Bonchev–Trinajstić information content (AvgIpc) is 2.51. The molecular formula is C19H27NO2. The van der Waals surface area contributed by atoms with E-state index in [9.17, 15) is 4.79 Å². The van der Waals surface area contributed by atoms with Gasteiger partial charge in [0.05, 0.1) is 0 Å². The Morgan fingerprint density at radius 1 is 1.27 bits per heavy atom. The zero-order valence-corrected chi connectivity index (χ0v) is 13.5. The summed E-state index contributed by atoms with van der Waals surface area (Å²) in [4.78, 5) is 11.0. The molecule has 22 heavy (non-hydrogen) atoms. The molecule has 0 spiro atoms. The number of unbranched alkanes of at least 4 members (excludes halogenated alkanes) is 1. The summed E-state index contributed by atoms with van der Waals surface area (Å²) < 4.78 is 5.29. The summed E-state index contributed by atoms with van der Waals surface area (Å²) in [5.74, 6) is -0.174. The predicted octanol–water partition coefficient (Wildman–Crippen LogP) is 3.99. The molecule has 0 amide bonds. The summed E-state index contributed by atoms with van der Waals surface area (Å²) in [6.07, 6.45) is 8.96. The predicted molar refractivity (Wildman–Crippen MR) is 89.5 cm³/mol. The first-order chi connectivity index (χ1) is 10.7. The van der Waals surface area contributed by atoms with E-state index in [1.807, 2.05) is 6.07 Å². The molecule has 3 heteroatoms. The van der Waals surface area contributed by atoms with Gasteiger partial charge in [-0.25, -0.2) is 0 Å². The highest BCUT2D eigenvalue weighted by molar-refractivity contribution is 5.66. The van der Waals surface area contributed by atoms with Gasteiger partial charge in [-0.3, -0.25) is 4.79 Å². The van der Waals surface area contributed by atoms with E-state index in [4.69, 9.17) is 4.74 Å². The second kappa shape index (κ2) is 9.42. The minimum Gasteiger partial charge on any atom is -0.458 e. The van der Waals surface area contributed by atoms with Gasteiger partial charge in [-0.2, -0.15) is 0 Å². The van der Waals surface area contributed by atoms with Crippen molar-refractivity contribution in [1.82, 2.24) is 5.32 Å². The number of carbonyl (C=O) groups excluding carboxylic acids is 1. The molecule has 0 bridgehead atoms.